The maximum atomic E-state index is 13.2. The van der Waals surface area contributed by atoms with E-state index in [9.17, 15) is 9.59 Å². The zero-order valence-corrected chi connectivity index (χ0v) is 16.9. The van der Waals surface area contributed by atoms with Crippen LogP contribution in [0.3, 0.4) is 0 Å². The molecule has 0 radical (unpaired) electrons. The molecule has 4 fully saturated rings. The van der Waals surface area contributed by atoms with Crippen LogP contribution >= 0.6 is 15.9 Å². The molecular weight excluding hydrogens is 408 g/mol. The number of hydrogen-bond donors (Lipinski definition) is 1. The molecule has 142 valence electrons. The third-order valence-corrected chi connectivity index (χ3v) is 7.65. The molecule has 0 spiro atoms. The van der Waals surface area contributed by atoms with Crippen LogP contribution in [0.5, 0.6) is 0 Å². The fourth-order valence-electron chi connectivity index (χ4n) is 6.03. The van der Waals surface area contributed by atoms with Crippen LogP contribution in [0.2, 0.25) is 0 Å². The third kappa shape index (κ3) is 2.84. The first-order valence-electron chi connectivity index (χ1n) is 9.75. The van der Waals surface area contributed by atoms with Crippen LogP contribution in [0, 0.1) is 17.3 Å². The molecule has 2 aromatic rings. The van der Waals surface area contributed by atoms with Gasteiger partial charge >= 0.3 is 5.97 Å². The summed E-state index contributed by atoms with van der Waals surface area (Å²) in [5.74, 6) is 1.52. The second-order valence-corrected chi connectivity index (χ2v) is 10.6. The maximum absolute atomic E-state index is 13.2. The first-order chi connectivity index (χ1) is 12.9. The van der Waals surface area contributed by atoms with Gasteiger partial charge in [0.1, 0.15) is 0 Å². The largest absolute Gasteiger partial charge is 0.454 e. The summed E-state index contributed by atoms with van der Waals surface area (Å²) in [5.41, 5.74) is 0.0417. The van der Waals surface area contributed by atoms with E-state index >= 15 is 0 Å². The van der Waals surface area contributed by atoms with Gasteiger partial charge in [-0.25, -0.2) is 4.98 Å². The number of aromatic nitrogens is 2. The zero-order chi connectivity index (χ0) is 18.8. The third-order valence-electron chi connectivity index (χ3n) is 6.72. The van der Waals surface area contributed by atoms with Gasteiger partial charge in [-0.2, -0.15) is 0 Å². The molecule has 1 N–H and O–H groups in total. The highest BCUT2D eigenvalue weighted by atomic mass is 79.9. The van der Waals surface area contributed by atoms with Crippen molar-refractivity contribution in [2.24, 2.45) is 17.3 Å². The minimum absolute atomic E-state index is 0.106. The first-order valence-corrected chi connectivity index (χ1v) is 10.5. The summed E-state index contributed by atoms with van der Waals surface area (Å²) in [6, 6.07) is 7.20. The lowest BCUT2D eigenvalue weighted by atomic mass is 9.49. The lowest BCUT2D eigenvalue weighted by Gasteiger charge is -2.58. The number of nitrogens with zero attached hydrogens (tertiary/aromatic N) is 1. The Labute approximate surface area is 166 Å². The monoisotopic (exact) mass is 430 g/mol. The quantitative estimate of drug-likeness (QED) is 0.582. The van der Waals surface area contributed by atoms with E-state index in [0.717, 1.165) is 19.3 Å². The standard InChI is InChI=1S/C21H23BrN2O3/c1-12(17-23-16-5-3-2-4-15(16)18(25)24-17)27-19(26)20-7-13-6-14(8-20)10-21(22,9-13)11-20/h2-5,12-14H,6-11H2,1H3,(H,23,24,25)/t12-,13+,14+,20?,21?/m0/s1. The summed E-state index contributed by atoms with van der Waals surface area (Å²) >= 11 is 3.94. The highest BCUT2D eigenvalue weighted by molar-refractivity contribution is 9.10. The van der Waals surface area contributed by atoms with Gasteiger partial charge < -0.3 is 9.72 Å². The molecule has 4 aliphatic rings. The van der Waals surface area contributed by atoms with E-state index < -0.39 is 6.10 Å². The van der Waals surface area contributed by atoms with Crippen molar-refractivity contribution in [1.82, 2.24) is 9.97 Å². The number of hydrogen-bond acceptors (Lipinski definition) is 4. The number of para-hydroxylation sites is 1. The van der Waals surface area contributed by atoms with Gasteiger partial charge in [0, 0.05) is 4.32 Å². The van der Waals surface area contributed by atoms with Crippen LogP contribution in [0.15, 0.2) is 29.1 Å². The van der Waals surface area contributed by atoms with Gasteiger partial charge in [0.25, 0.3) is 5.56 Å². The Kier molecular flexibility index (Phi) is 3.81. The molecule has 6 rings (SSSR count). The molecule has 5 nitrogen and oxygen atoms in total. The van der Waals surface area contributed by atoms with Gasteiger partial charge in [-0.3, -0.25) is 9.59 Å². The molecule has 0 saturated heterocycles. The van der Waals surface area contributed by atoms with E-state index in [4.69, 9.17) is 4.74 Å². The number of halogens is 1. The number of fused-ring (bicyclic) bond motifs is 1. The number of nitrogens with one attached hydrogen (secondary N) is 1. The molecule has 0 aliphatic heterocycles. The summed E-state index contributed by atoms with van der Waals surface area (Å²) in [6.07, 6.45) is 5.75. The van der Waals surface area contributed by atoms with Crippen molar-refractivity contribution < 1.29 is 9.53 Å². The van der Waals surface area contributed by atoms with E-state index in [1.165, 1.54) is 19.3 Å². The molecular formula is C21H23BrN2O3. The van der Waals surface area contributed by atoms with Gasteiger partial charge in [-0.05, 0) is 69.4 Å². The smallest absolute Gasteiger partial charge is 0.312 e. The van der Waals surface area contributed by atoms with Crippen molar-refractivity contribution >= 4 is 32.8 Å². The van der Waals surface area contributed by atoms with Gasteiger partial charge in [0.2, 0.25) is 0 Å². The van der Waals surface area contributed by atoms with E-state index in [0.29, 0.717) is 28.6 Å². The molecule has 4 bridgehead atoms. The molecule has 4 aliphatic carbocycles. The minimum atomic E-state index is -0.575. The average Bonchev–Trinajstić information content (AvgIpc) is 2.59. The van der Waals surface area contributed by atoms with Crippen molar-refractivity contribution in [3.8, 4) is 0 Å². The van der Waals surface area contributed by atoms with E-state index in [1.54, 1.807) is 19.1 Å². The molecule has 0 amide bonds. The summed E-state index contributed by atoms with van der Waals surface area (Å²) in [6.45, 7) is 1.79. The molecule has 4 saturated carbocycles. The van der Waals surface area contributed by atoms with Crippen molar-refractivity contribution in [2.45, 2.75) is 55.9 Å². The van der Waals surface area contributed by atoms with Crippen molar-refractivity contribution in [1.29, 1.82) is 0 Å². The fourth-order valence-corrected chi connectivity index (χ4v) is 7.48. The highest BCUT2D eigenvalue weighted by Crippen LogP contribution is 2.64. The zero-order valence-electron chi connectivity index (χ0n) is 15.3. The second kappa shape index (κ2) is 5.90. The van der Waals surface area contributed by atoms with Gasteiger partial charge in [-0.15, -0.1) is 0 Å². The number of rotatable bonds is 3. The molecule has 1 aromatic carbocycles. The summed E-state index contributed by atoms with van der Waals surface area (Å²) in [4.78, 5) is 32.8. The Hall–Kier alpha value is -1.69. The number of aromatic amines is 1. The number of carbonyl (C=O) groups is 1. The van der Waals surface area contributed by atoms with Gasteiger partial charge in [0.15, 0.2) is 11.9 Å². The van der Waals surface area contributed by atoms with Gasteiger partial charge in [-0.1, -0.05) is 28.1 Å². The van der Waals surface area contributed by atoms with Crippen molar-refractivity contribution in [2.75, 3.05) is 0 Å². The number of carbonyl (C=O) groups excluding carboxylic acids is 1. The predicted molar refractivity (Wildman–Crippen MR) is 106 cm³/mol. The number of esters is 1. The average molecular weight is 431 g/mol. The Balaban J connectivity index is 1.41. The van der Waals surface area contributed by atoms with E-state index in [-0.39, 0.29) is 21.3 Å². The number of alkyl halides is 1. The molecule has 1 heterocycles. The molecule has 3 atom stereocenters. The SMILES string of the molecule is C[C@H](OC(=O)C12C[C@H]3C[C@@H](CC(Br)(C3)C1)C2)c1nc2ccccc2c(=O)[nH]1. The Morgan fingerprint density at radius 2 is 1.96 bits per heavy atom. The molecule has 1 aromatic heterocycles. The van der Waals surface area contributed by atoms with Crippen LogP contribution in [0.4, 0.5) is 0 Å². The number of H-pyrrole nitrogens is 1. The van der Waals surface area contributed by atoms with E-state index in [1.807, 2.05) is 12.1 Å². The lowest BCUT2D eigenvalue weighted by molar-refractivity contribution is -0.175. The number of benzene rings is 1. The molecule has 6 heteroatoms. The molecule has 27 heavy (non-hydrogen) atoms. The van der Waals surface area contributed by atoms with Crippen molar-refractivity contribution in [3.63, 3.8) is 0 Å². The normalized spacial score (nSPS) is 35.3. The fraction of sp³-hybridized carbons (Fsp3) is 0.571. The topological polar surface area (TPSA) is 72.0 Å². The Morgan fingerprint density at radius 1 is 1.26 bits per heavy atom. The minimum Gasteiger partial charge on any atom is -0.454 e. The van der Waals surface area contributed by atoms with Crippen LogP contribution < -0.4 is 5.56 Å². The Bertz CT molecular complexity index is 971. The van der Waals surface area contributed by atoms with Crippen LogP contribution in [0.1, 0.15) is 57.4 Å². The number of ether oxygens (including phenoxy) is 1. The van der Waals surface area contributed by atoms with Gasteiger partial charge in [0.05, 0.1) is 16.3 Å². The lowest BCUT2D eigenvalue weighted by Crippen LogP contribution is -2.56. The summed E-state index contributed by atoms with van der Waals surface area (Å²) < 4.78 is 5.98. The van der Waals surface area contributed by atoms with Crippen LogP contribution in [-0.4, -0.2) is 20.3 Å². The maximum Gasteiger partial charge on any atom is 0.312 e. The summed E-state index contributed by atoms with van der Waals surface area (Å²) in [5, 5.41) is 0.544. The van der Waals surface area contributed by atoms with Crippen LogP contribution in [-0.2, 0) is 9.53 Å². The molecule has 0 unspecified atom stereocenters. The highest BCUT2D eigenvalue weighted by Gasteiger charge is 2.60. The van der Waals surface area contributed by atoms with Crippen LogP contribution in [0.25, 0.3) is 10.9 Å². The Morgan fingerprint density at radius 3 is 2.67 bits per heavy atom. The van der Waals surface area contributed by atoms with E-state index in [2.05, 4.69) is 25.9 Å². The summed E-state index contributed by atoms with van der Waals surface area (Å²) in [7, 11) is 0. The van der Waals surface area contributed by atoms with Crippen molar-refractivity contribution in [3.05, 3.63) is 40.4 Å². The predicted octanol–water partition coefficient (Wildman–Crippen LogP) is 4.26. The first kappa shape index (κ1) is 17.4. The second-order valence-electron chi connectivity index (χ2n) is 8.91.